The first-order valence-corrected chi connectivity index (χ1v) is 12.1. The molecule has 3 aliphatic rings. The van der Waals surface area contributed by atoms with E-state index in [1.54, 1.807) is 12.1 Å². The van der Waals surface area contributed by atoms with Gasteiger partial charge in [-0.25, -0.2) is 0 Å². The Labute approximate surface area is 185 Å². The van der Waals surface area contributed by atoms with Crippen LogP contribution in [0.2, 0.25) is 5.02 Å². The van der Waals surface area contributed by atoms with E-state index in [2.05, 4.69) is 17.1 Å². The Morgan fingerprint density at radius 1 is 1.17 bits per heavy atom. The molecule has 2 atom stereocenters. The summed E-state index contributed by atoms with van der Waals surface area (Å²) in [5.41, 5.74) is 6.92. The van der Waals surface area contributed by atoms with E-state index >= 15 is 0 Å². The fraction of sp³-hybridized carbons (Fsp3) is 0.708. The number of likely N-dealkylation sites (tertiary alicyclic amines) is 1. The van der Waals surface area contributed by atoms with Crippen LogP contribution in [0.1, 0.15) is 68.6 Å². The highest BCUT2D eigenvalue weighted by molar-refractivity contribution is 6.33. The molecule has 1 saturated heterocycles. The maximum absolute atomic E-state index is 13.1. The number of nitrogen functional groups attached to an aromatic ring is 1. The van der Waals surface area contributed by atoms with Gasteiger partial charge in [0.2, 0.25) is 0 Å². The SMILES string of the molecule is CC1CCN(C[C@@H]2CCCC(NC(=O)c3cc(Cl)c(N)cc3OCC3CC3)C2)CC1. The second-order valence-electron chi connectivity index (χ2n) is 9.81. The van der Waals surface area contributed by atoms with E-state index in [0.717, 1.165) is 18.8 Å². The fourth-order valence-electron chi connectivity index (χ4n) is 4.82. The molecule has 1 aliphatic heterocycles. The zero-order valence-corrected chi connectivity index (χ0v) is 18.9. The van der Waals surface area contributed by atoms with Crippen LogP contribution in [0.25, 0.3) is 0 Å². The van der Waals surface area contributed by atoms with Gasteiger partial charge >= 0.3 is 0 Å². The van der Waals surface area contributed by atoms with Gasteiger partial charge in [-0.1, -0.05) is 24.9 Å². The molecule has 0 bridgehead atoms. The van der Waals surface area contributed by atoms with Gasteiger partial charge in [0.15, 0.2) is 0 Å². The van der Waals surface area contributed by atoms with Crippen molar-refractivity contribution in [1.29, 1.82) is 0 Å². The minimum atomic E-state index is -0.0971. The van der Waals surface area contributed by atoms with Crippen LogP contribution in [0.3, 0.4) is 0 Å². The summed E-state index contributed by atoms with van der Waals surface area (Å²) in [6.07, 6.45) is 9.56. The summed E-state index contributed by atoms with van der Waals surface area (Å²) in [5.74, 6) is 2.59. The minimum absolute atomic E-state index is 0.0971. The van der Waals surface area contributed by atoms with Crippen LogP contribution >= 0.6 is 11.6 Å². The molecule has 0 radical (unpaired) electrons. The van der Waals surface area contributed by atoms with Crippen LogP contribution in [-0.2, 0) is 0 Å². The lowest BCUT2D eigenvalue weighted by Gasteiger charge is -2.36. The largest absolute Gasteiger partial charge is 0.492 e. The number of rotatable bonds is 7. The first-order chi connectivity index (χ1) is 14.5. The van der Waals surface area contributed by atoms with E-state index in [-0.39, 0.29) is 11.9 Å². The third-order valence-electron chi connectivity index (χ3n) is 7.03. The summed E-state index contributed by atoms with van der Waals surface area (Å²) in [6.45, 7) is 6.61. The molecular weight excluding hydrogens is 398 g/mol. The number of piperidine rings is 1. The van der Waals surface area contributed by atoms with Crippen molar-refractivity contribution in [2.75, 3.05) is 32.0 Å². The van der Waals surface area contributed by atoms with E-state index in [4.69, 9.17) is 22.1 Å². The van der Waals surface area contributed by atoms with Gasteiger partial charge in [0.25, 0.3) is 5.91 Å². The molecule has 166 valence electrons. The Balaban J connectivity index is 1.35. The Hall–Kier alpha value is -1.46. The molecule has 0 spiro atoms. The first kappa shape index (κ1) is 21.8. The summed E-state index contributed by atoms with van der Waals surface area (Å²) in [6, 6.07) is 3.57. The van der Waals surface area contributed by atoms with Crippen LogP contribution in [0.4, 0.5) is 5.69 Å². The number of benzene rings is 1. The molecule has 2 aliphatic carbocycles. The van der Waals surface area contributed by atoms with Crippen LogP contribution in [-0.4, -0.2) is 43.1 Å². The summed E-state index contributed by atoms with van der Waals surface area (Å²) in [7, 11) is 0. The van der Waals surface area contributed by atoms with Crippen molar-refractivity contribution in [3.05, 3.63) is 22.7 Å². The Bertz CT molecular complexity index is 744. The van der Waals surface area contributed by atoms with Crippen molar-refractivity contribution in [1.82, 2.24) is 10.2 Å². The zero-order valence-electron chi connectivity index (χ0n) is 18.2. The number of anilines is 1. The van der Waals surface area contributed by atoms with Crippen LogP contribution in [0.5, 0.6) is 5.75 Å². The average molecular weight is 434 g/mol. The van der Waals surface area contributed by atoms with E-state index in [1.807, 2.05) is 0 Å². The van der Waals surface area contributed by atoms with Gasteiger partial charge in [-0.15, -0.1) is 0 Å². The Kier molecular flexibility index (Phi) is 7.09. The van der Waals surface area contributed by atoms with Crippen molar-refractivity contribution in [2.24, 2.45) is 17.8 Å². The van der Waals surface area contributed by atoms with E-state index in [1.165, 1.54) is 58.2 Å². The van der Waals surface area contributed by atoms with Crippen molar-refractivity contribution in [3.8, 4) is 5.75 Å². The number of hydrogen-bond donors (Lipinski definition) is 2. The van der Waals surface area contributed by atoms with Gasteiger partial charge in [-0.3, -0.25) is 4.79 Å². The van der Waals surface area contributed by atoms with Crippen molar-refractivity contribution >= 4 is 23.2 Å². The second kappa shape index (κ2) is 9.78. The highest BCUT2D eigenvalue weighted by Gasteiger charge is 2.28. The molecule has 4 rings (SSSR count). The van der Waals surface area contributed by atoms with Crippen molar-refractivity contribution in [3.63, 3.8) is 0 Å². The van der Waals surface area contributed by atoms with Gasteiger partial charge in [0.1, 0.15) is 5.75 Å². The lowest BCUT2D eigenvalue weighted by molar-refractivity contribution is 0.0901. The minimum Gasteiger partial charge on any atom is -0.492 e. The number of carbonyl (C=O) groups is 1. The van der Waals surface area contributed by atoms with Crippen LogP contribution in [0, 0.1) is 17.8 Å². The number of nitrogens with zero attached hydrogens (tertiary/aromatic N) is 1. The topological polar surface area (TPSA) is 67.6 Å². The number of ether oxygens (including phenoxy) is 1. The van der Waals surface area contributed by atoms with E-state index < -0.39 is 0 Å². The molecule has 5 nitrogen and oxygen atoms in total. The summed E-state index contributed by atoms with van der Waals surface area (Å²) in [5, 5.41) is 3.67. The molecule has 1 aromatic rings. The average Bonchev–Trinajstić information content (AvgIpc) is 3.55. The highest BCUT2D eigenvalue weighted by Crippen LogP contribution is 2.34. The molecule has 3 fully saturated rings. The molecule has 3 N–H and O–H groups in total. The maximum atomic E-state index is 13.1. The normalized spacial score (nSPS) is 25.8. The number of nitrogens with two attached hydrogens (primary N) is 1. The quantitative estimate of drug-likeness (QED) is 0.610. The van der Waals surface area contributed by atoms with Gasteiger partial charge in [0.05, 0.1) is 22.9 Å². The van der Waals surface area contributed by atoms with Crippen molar-refractivity contribution in [2.45, 2.75) is 64.3 Å². The van der Waals surface area contributed by atoms with Gasteiger partial charge in [-0.05, 0) is 81.9 Å². The molecular formula is C24H36ClN3O2. The summed E-state index contributed by atoms with van der Waals surface area (Å²) < 4.78 is 5.93. The number of halogens is 1. The van der Waals surface area contributed by atoms with Crippen molar-refractivity contribution < 1.29 is 9.53 Å². The van der Waals surface area contributed by atoms with Gasteiger partial charge < -0.3 is 20.7 Å². The Morgan fingerprint density at radius 2 is 1.93 bits per heavy atom. The van der Waals surface area contributed by atoms with Gasteiger partial charge in [0, 0.05) is 18.7 Å². The Morgan fingerprint density at radius 3 is 2.67 bits per heavy atom. The molecule has 1 aromatic carbocycles. The third kappa shape index (κ3) is 5.82. The molecule has 1 unspecified atom stereocenters. The molecule has 1 amide bonds. The number of hydrogen-bond acceptors (Lipinski definition) is 4. The number of nitrogens with one attached hydrogen (secondary N) is 1. The zero-order chi connectivity index (χ0) is 21.1. The highest BCUT2D eigenvalue weighted by atomic mass is 35.5. The predicted molar refractivity (Wildman–Crippen MR) is 122 cm³/mol. The van der Waals surface area contributed by atoms with E-state index in [9.17, 15) is 4.79 Å². The first-order valence-electron chi connectivity index (χ1n) is 11.7. The number of amides is 1. The fourth-order valence-corrected chi connectivity index (χ4v) is 4.98. The smallest absolute Gasteiger partial charge is 0.255 e. The van der Waals surface area contributed by atoms with Crippen LogP contribution < -0.4 is 15.8 Å². The maximum Gasteiger partial charge on any atom is 0.255 e. The third-order valence-corrected chi connectivity index (χ3v) is 7.35. The summed E-state index contributed by atoms with van der Waals surface area (Å²) in [4.78, 5) is 15.7. The van der Waals surface area contributed by atoms with Crippen LogP contribution in [0.15, 0.2) is 12.1 Å². The molecule has 2 saturated carbocycles. The van der Waals surface area contributed by atoms with E-state index in [0.29, 0.717) is 40.5 Å². The molecule has 1 heterocycles. The molecule has 30 heavy (non-hydrogen) atoms. The second-order valence-corrected chi connectivity index (χ2v) is 10.2. The molecule has 0 aromatic heterocycles. The number of carbonyl (C=O) groups excluding carboxylic acids is 1. The lowest BCUT2D eigenvalue weighted by Crippen LogP contribution is -2.42. The summed E-state index contributed by atoms with van der Waals surface area (Å²) >= 11 is 6.22. The molecule has 6 heteroatoms. The monoisotopic (exact) mass is 433 g/mol. The standard InChI is InChI=1S/C24H36ClN3O2/c1-16-7-9-28(10-8-16)14-18-3-2-4-19(11-18)27-24(29)20-12-21(25)22(26)13-23(20)30-15-17-5-6-17/h12-13,16-19H,2-11,14-15,26H2,1H3,(H,27,29)/t18-,19?/m1/s1. The predicted octanol–water partition coefficient (Wildman–Crippen LogP) is 4.73. The van der Waals surface area contributed by atoms with Gasteiger partial charge in [-0.2, -0.15) is 0 Å². The lowest BCUT2D eigenvalue weighted by atomic mass is 9.84.